The van der Waals surface area contributed by atoms with Crippen molar-refractivity contribution in [2.24, 2.45) is 0 Å². The van der Waals surface area contributed by atoms with Gasteiger partial charge in [-0.05, 0) is 29.8 Å². The summed E-state index contributed by atoms with van der Waals surface area (Å²) in [5.41, 5.74) is 2.04. The van der Waals surface area contributed by atoms with Crippen molar-refractivity contribution in [1.82, 2.24) is 5.32 Å². The van der Waals surface area contributed by atoms with Crippen LogP contribution in [0.15, 0.2) is 54.6 Å². The highest BCUT2D eigenvalue weighted by molar-refractivity contribution is 5.88. The van der Waals surface area contributed by atoms with Gasteiger partial charge in [0.25, 0.3) is 0 Å². The first-order valence-corrected chi connectivity index (χ1v) is 6.99. The van der Waals surface area contributed by atoms with Gasteiger partial charge in [-0.15, -0.1) is 0 Å². The lowest BCUT2D eigenvalue weighted by molar-refractivity contribution is -0.114. The van der Waals surface area contributed by atoms with Crippen molar-refractivity contribution in [2.75, 3.05) is 18.5 Å². The van der Waals surface area contributed by atoms with Crippen molar-refractivity contribution in [3.8, 4) is 5.75 Å². The normalized spacial score (nSPS) is 10.1. The predicted molar refractivity (Wildman–Crippen MR) is 84.4 cm³/mol. The number of benzene rings is 2. The molecule has 0 heterocycles. The Morgan fingerprint density at radius 2 is 1.76 bits per heavy atom. The molecule has 1 amide bonds. The number of rotatable bonds is 7. The van der Waals surface area contributed by atoms with Gasteiger partial charge in [0.2, 0.25) is 5.91 Å². The first-order valence-electron chi connectivity index (χ1n) is 6.99. The quantitative estimate of drug-likeness (QED) is 0.769. The molecule has 2 aromatic carbocycles. The second-order valence-electron chi connectivity index (χ2n) is 4.72. The molecule has 4 heteroatoms. The van der Waals surface area contributed by atoms with E-state index in [0.717, 1.165) is 24.5 Å². The van der Waals surface area contributed by atoms with Gasteiger partial charge in [-0.3, -0.25) is 4.79 Å². The molecule has 0 aromatic heterocycles. The molecular weight excluding hydrogens is 264 g/mol. The number of ether oxygens (including phenoxy) is 1. The Hall–Kier alpha value is -2.33. The van der Waals surface area contributed by atoms with E-state index >= 15 is 0 Å². The molecule has 0 atom stereocenters. The molecule has 0 fully saturated rings. The second kappa shape index (κ2) is 8.07. The number of anilines is 1. The lowest BCUT2D eigenvalue weighted by Gasteiger charge is -2.08. The topological polar surface area (TPSA) is 50.4 Å². The van der Waals surface area contributed by atoms with Gasteiger partial charge in [0, 0.05) is 25.7 Å². The number of hydrogen-bond acceptors (Lipinski definition) is 3. The van der Waals surface area contributed by atoms with Crippen LogP contribution in [0.25, 0.3) is 0 Å². The van der Waals surface area contributed by atoms with E-state index in [4.69, 9.17) is 4.74 Å². The standard InChI is InChI=1S/C17H20N2O2/c1-14(20)19-16-7-9-17(10-8-16)21-12-11-18-13-15-5-3-2-4-6-15/h2-10,18H,11-13H2,1H3,(H,19,20). The summed E-state index contributed by atoms with van der Waals surface area (Å²) < 4.78 is 5.63. The fourth-order valence-corrected chi connectivity index (χ4v) is 1.91. The third kappa shape index (κ3) is 5.67. The smallest absolute Gasteiger partial charge is 0.221 e. The summed E-state index contributed by atoms with van der Waals surface area (Å²) in [5.74, 6) is 0.722. The molecule has 2 aromatic rings. The molecule has 2 N–H and O–H groups in total. The second-order valence-corrected chi connectivity index (χ2v) is 4.72. The minimum Gasteiger partial charge on any atom is -0.492 e. The lowest BCUT2D eigenvalue weighted by atomic mass is 10.2. The van der Waals surface area contributed by atoms with Gasteiger partial charge in [-0.1, -0.05) is 30.3 Å². The van der Waals surface area contributed by atoms with Gasteiger partial charge in [0.15, 0.2) is 0 Å². The monoisotopic (exact) mass is 284 g/mol. The summed E-state index contributed by atoms with van der Waals surface area (Å²) in [6, 6.07) is 17.6. The highest BCUT2D eigenvalue weighted by Crippen LogP contribution is 2.15. The summed E-state index contributed by atoms with van der Waals surface area (Å²) in [6.45, 7) is 3.71. The molecular formula is C17H20N2O2. The number of amides is 1. The maximum atomic E-state index is 10.9. The molecule has 0 unspecified atom stereocenters. The van der Waals surface area contributed by atoms with Crippen LogP contribution in [0.3, 0.4) is 0 Å². The number of carbonyl (C=O) groups excluding carboxylic acids is 1. The molecule has 2 rings (SSSR count). The largest absolute Gasteiger partial charge is 0.492 e. The number of nitrogens with one attached hydrogen (secondary N) is 2. The lowest BCUT2D eigenvalue weighted by Crippen LogP contribution is -2.20. The van der Waals surface area contributed by atoms with Gasteiger partial charge in [0.1, 0.15) is 12.4 Å². The van der Waals surface area contributed by atoms with E-state index in [-0.39, 0.29) is 5.91 Å². The zero-order valence-electron chi connectivity index (χ0n) is 12.1. The molecule has 0 aliphatic rings. The molecule has 110 valence electrons. The van der Waals surface area contributed by atoms with Crippen LogP contribution in [0, 0.1) is 0 Å². The maximum absolute atomic E-state index is 10.9. The average molecular weight is 284 g/mol. The Morgan fingerprint density at radius 1 is 1.05 bits per heavy atom. The van der Waals surface area contributed by atoms with Gasteiger partial charge in [0.05, 0.1) is 0 Å². The Morgan fingerprint density at radius 3 is 2.43 bits per heavy atom. The van der Waals surface area contributed by atoms with Crippen LogP contribution in [0.1, 0.15) is 12.5 Å². The third-order valence-electron chi connectivity index (χ3n) is 2.89. The van der Waals surface area contributed by atoms with E-state index in [0.29, 0.717) is 6.61 Å². The van der Waals surface area contributed by atoms with E-state index < -0.39 is 0 Å². The Balaban J connectivity index is 1.65. The summed E-state index contributed by atoms with van der Waals surface area (Å²) in [4.78, 5) is 10.9. The molecule has 0 aliphatic carbocycles. The minimum absolute atomic E-state index is 0.0752. The third-order valence-corrected chi connectivity index (χ3v) is 2.89. The highest BCUT2D eigenvalue weighted by atomic mass is 16.5. The molecule has 21 heavy (non-hydrogen) atoms. The summed E-state index contributed by atoms with van der Waals surface area (Å²) >= 11 is 0. The van der Waals surface area contributed by atoms with E-state index in [9.17, 15) is 4.79 Å². The number of hydrogen-bond donors (Lipinski definition) is 2. The maximum Gasteiger partial charge on any atom is 0.221 e. The van der Waals surface area contributed by atoms with Crippen LogP contribution < -0.4 is 15.4 Å². The predicted octanol–water partition coefficient (Wildman–Crippen LogP) is 2.81. The van der Waals surface area contributed by atoms with Gasteiger partial charge >= 0.3 is 0 Å². The SMILES string of the molecule is CC(=O)Nc1ccc(OCCNCc2ccccc2)cc1. The van der Waals surface area contributed by atoms with E-state index in [1.165, 1.54) is 12.5 Å². The fraction of sp³-hybridized carbons (Fsp3) is 0.235. The summed E-state index contributed by atoms with van der Waals surface area (Å²) in [6.07, 6.45) is 0. The van der Waals surface area contributed by atoms with Gasteiger partial charge in [-0.2, -0.15) is 0 Å². The highest BCUT2D eigenvalue weighted by Gasteiger charge is 1.97. The van der Waals surface area contributed by atoms with Crippen molar-refractivity contribution in [2.45, 2.75) is 13.5 Å². The Bertz CT molecular complexity index is 553. The fourth-order valence-electron chi connectivity index (χ4n) is 1.91. The first kappa shape index (κ1) is 15.1. The zero-order valence-corrected chi connectivity index (χ0v) is 12.1. The van der Waals surface area contributed by atoms with Crippen LogP contribution in [-0.2, 0) is 11.3 Å². The minimum atomic E-state index is -0.0752. The van der Waals surface area contributed by atoms with Crippen LogP contribution in [0.2, 0.25) is 0 Å². The average Bonchev–Trinajstić information content (AvgIpc) is 2.49. The van der Waals surface area contributed by atoms with Crippen molar-refractivity contribution in [3.05, 3.63) is 60.2 Å². The van der Waals surface area contributed by atoms with Crippen molar-refractivity contribution in [3.63, 3.8) is 0 Å². The molecule has 0 bridgehead atoms. The number of carbonyl (C=O) groups is 1. The molecule has 0 spiro atoms. The van der Waals surface area contributed by atoms with Crippen molar-refractivity contribution < 1.29 is 9.53 Å². The molecule has 4 nitrogen and oxygen atoms in total. The van der Waals surface area contributed by atoms with Crippen LogP contribution in [0.5, 0.6) is 5.75 Å². The van der Waals surface area contributed by atoms with Crippen molar-refractivity contribution in [1.29, 1.82) is 0 Å². The summed E-state index contributed by atoms with van der Waals surface area (Å²) in [7, 11) is 0. The molecule has 0 saturated carbocycles. The van der Waals surface area contributed by atoms with E-state index in [1.54, 1.807) is 0 Å². The Kier molecular flexibility index (Phi) is 5.79. The van der Waals surface area contributed by atoms with Crippen molar-refractivity contribution >= 4 is 11.6 Å². The first-order chi connectivity index (χ1) is 10.2. The Labute approximate surface area is 125 Å². The molecule has 0 radical (unpaired) electrons. The van der Waals surface area contributed by atoms with E-state index in [2.05, 4.69) is 22.8 Å². The molecule has 0 saturated heterocycles. The van der Waals surface area contributed by atoms with Crippen LogP contribution in [0.4, 0.5) is 5.69 Å². The van der Waals surface area contributed by atoms with Gasteiger partial charge < -0.3 is 15.4 Å². The van der Waals surface area contributed by atoms with Crippen LogP contribution >= 0.6 is 0 Å². The van der Waals surface area contributed by atoms with Gasteiger partial charge in [-0.25, -0.2) is 0 Å². The zero-order chi connectivity index (χ0) is 14.9. The van der Waals surface area contributed by atoms with E-state index in [1.807, 2.05) is 42.5 Å². The molecule has 0 aliphatic heterocycles. The summed E-state index contributed by atoms with van der Waals surface area (Å²) in [5, 5.41) is 6.05. The van der Waals surface area contributed by atoms with Crippen LogP contribution in [-0.4, -0.2) is 19.1 Å².